The van der Waals surface area contributed by atoms with Gasteiger partial charge in [-0.05, 0) is 74.3 Å². The van der Waals surface area contributed by atoms with Crippen molar-refractivity contribution in [1.82, 2.24) is 9.80 Å². The summed E-state index contributed by atoms with van der Waals surface area (Å²) in [6.45, 7) is 5.29. The van der Waals surface area contributed by atoms with E-state index in [1.807, 2.05) is 24.3 Å². The van der Waals surface area contributed by atoms with Gasteiger partial charge in [0.15, 0.2) is 0 Å². The molecule has 1 heterocycles. The lowest BCUT2D eigenvalue weighted by Gasteiger charge is -2.30. The summed E-state index contributed by atoms with van der Waals surface area (Å²) in [5.41, 5.74) is 6.74. The van der Waals surface area contributed by atoms with Crippen molar-refractivity contribution in [3.63, 3.8) is 0 Å². The number of benzene rings is 2. The number of halogens is 1. The zero-order valence-corrected chi connectivity index (χ0v) is 17.5. The third-order valence-corrected chi connectivity index (χ3v) is 5.47. The number of hydrogen-bond donors (Lipinski definition) is 1. The summed E-state index contributed by atoms with van der Waals surface area (Å²) in [6.07, 6.45) is 1.82. The van der Waals surface area contributed by atoms with Gasteiger partial charge in [0.1, 0.15) is 17.3 Å². The van der Waals surface area contributed by atoms with Crippen LogP contribution in [0, 0.1) is 11.2 Å². The first kappa shape index (κ1) is 21.3. The second kappa shape index (κ2) is 8.93. The summed E-state index contributed by atoms with van der Waals surface area (Å²) < 4.78 is 20.2. The van der Waals surface area contributed by atoms with E-state index in [0.29, 0.717) is 24.6 Å². The number of hydrogen-bond acceptors (Lipinski definition) is 4. The molecular formula is C23H30FN3O2. The van der Waals surface area contributed by atoms with E-state index in [9.17, 15) is 9.18 Å². The second-order valence-corrected chi connectivity index (χ2v) is 8.39. The molecule has 1 aliphatic heterocycles. The van der Waals surface area contributed by atoms with Gasteiger partial charge >= 0.3 is 0 Å². The van der Waals surface area contributed by atoms with E-state index < -0.39 is 5.82 Å². The molecule has 1 unspecified atom stereocenters. The van der Waals surface area contributed by atoms with Crippen LogP contribution in [-0.4, -0.2) is 56.0 Å². The van der Waals surface area contributed by atoms with Gasteiger partial charge in [-0.2, -0.15) is 0 Å². The fraction of sp³-hybridized carbons (Fsp3) is 0.435. The fourth-order valence-corrected chi connectivity index (χ4v) is 4.01. The fourth-order valence-electron chi connectivity index (χ4n) is 4.01. The summed E-state index contributed by atoms with van der Waals surface area (Å²) in [7, 11) is 3.81. The number of carbonyl (C=O) groups excluding carboxylic acids is 1. The monoisotopic (exact) mass is 399 g/mol. The molecule has 156 valence electrons. The van der Waals surface area contributed by atoms with Crippen molar-refractivity contribution >= 4 is 5.91 Å². The number of nitrogens with two attached hydrogens (primary N) is 1. The molecular weight excluding hydrogens is 369 g/mol. The first-order valence-electron chi connectivity index (χ1n) is 10.00. The van der Waals surface area contributed by atoms with Crippen LogP contribution < -0.4 is 10.5 Å². The van der Waals surface area contributed by atoms with Crippen LogP contribution in [0.15, 0.2) is 42.5 Å². The molecule has 0 bridgehead atoms. The van der Waals surface area contributed by atoms with Crippen LogP contribution in [0.3, 0.4) is 0 Å². The molecule has 5 nitrogen and oxygen atoms in total. The zero-order valence-electron chi connectivity index (χ0n) is 17.5. The van der Waals surface area contributed by atoms with Crippen LogP contribution in [0.4, 0.5) is 4.39 Å². The van der Waals surface area contributed by atoms with Crippen LogP contribution in [-0.2, 0) is 6.42 Å². The average Bonchev–Trinajstić information content (AvgIpc) is 3.02. The van der Waals surface area contributed by atoms with Gasteiger partial charge in [-0.25, -0.2) is 4.39 Å². The van der Waals surface area contributed by atoms with Gasteiger partial charge in [0.25, 0.3) is 5.91 Å². The van der Waals surface area contributed by atoms with E-state index in [2.05, 4.69) is 18.9 Å². The molecule has 1 atom stereocenters. The number of amides is 1. The van der Waals surface area contributed by atoms with E-state index in [4.69, 9.17) is 10.5 Å². The van der Waals surface area contributed by atoms with Crippen LogP contribution in [0.25, 0.3) is 0 Å². The van der Waals surface area contributed by atoms with Crippen LogP contribution in [0.2, 0.25) is 0 Å². The lowest BCUT2D eigenvalue weighted by Crippen LogP contribution is -2.39. The van der Waals surface area contributed by atoms with Gasteiger partial charge in [-0.1, -0.05) is 19.1 Å². The maximum Gasteiger partial charge on any atom is 0.256 e. The molecule has 0 saturated carbocycles. The Morgan fingerprint density at radius 1 is 1.24 bits per heavy atom. The Labute approximate surface area is 172 Å². The number of likely N-dealkylation sites (tertiary alicyclic amines) is 1. The Kier molecular flexibility index (Phi) is 6.55. The lowest BCUT2D eigenvalue weighted by atomic mass is 9.89. The van der Waals surface area contributed by atoms with Gasteiger partial charge < -0.3 is 20.3 Å². The van der Waals surface area contributed by atoms with E-state index in [1.54, 1.807) is 11.9 Å². The molecule has 1 aliphatic rings. The summed E-state index contributed by atoms with van der Waals surface area (Å²) in [5, 5.41) is 0. The van der Waals surface area contributed by atoms with Crippen LogP contribution in [0.5, 0.6) is 11.5 Å². The standard InChI is InChI=1S/C23H30FN3O2/c1-23(11-13-26(2)15-23)16-27(3)22(28)20-14-19(8-9-21(20)24)29-18-6-4-17(5-7-18)10-12-25/h4-9,14H,10-13,15-16,25H2,1-3H3. The van der Waals surface area contributed by atoms with Crippen molar-refractivity contribution in [2.75, 3.05) is 40.3 Å². The van der Waals surface area contributed by atoms with Crippen molar-refractivity contribution in [3.05, 3.63) is 59.4 Å². The number of rotatable bonds is 7. The SMILES string of the molecule is CN1CCC(C)(CN(C)C(=O)c2cc(Oc3ccc(CCN)cc3)ccc2F)C1. The highest BCUT2D eigenvalue weighted by atomic mass is 19.1. The van der Waals surface area contributed by atoms with Gasteiger partial charge in [-0.15, -0.1) is 0 Å². The minimum absolute atomic E-state index is 0.0228. The molecule has 1 amide bonds. The number of nitrogens with zero attached hydrogens (tertiary/aromatic N) is 2. The van der Waals surface area contributed by atoms with Gasteiger partial charge in [-0.3, -0.25) is 4.79 Å². The predicted molar refractivity (Wildman–Crippen MR) is 113 cm³/mol. The molecule has 1 saturated heterocycles. The van der Waals surface area contributed by atoms with E-state index in [0.717, 1.165) is 31.5 Å². The minimum atomic E-state index is -0.541. The maximum absolute atomic E-state index is 14.4. The summed E-state index contributed by atoms with van der Waals surface area (Å²) >= 11 is 0. The van der Waals surface area contributed by atoms with Gasteiger partial charge in [0.05, 0.1) is 5.56 Å². The molecule has 2 aromatic rings. The molecule has 2 N–H and O–H groups in total. The quantitative estimate of drug-likeness (QED) is 0.774. The molecule has 3 rings (SSSR count). The highest BCUT2D eigenvalue weighted by molar-refractivity contribution is 5.94. The third-order valence-electron chi connectivity index (χ3n) is 5.47. The Bertz CT molecular complexity index is 856. The van der Waals surface area contributed by atoms with Crippen molar-refractivity contribution < 1.29 is 13.9 Å². The Morgan fingerprint density at radius 3 is 2.55 bits per heavy atom. The first-order chi connectivity index (χ1) is 13.8. The number of ether oxygens (including phenoxy) is 1. The highest BCUT2D eigenvalue weighted by Crippen LogP contribution is 2.31. The summed E-state index contributed by atoms with van der Waals surface area (Å²) in [5.74, 6) is 0.190. The smallest absolute Gasteiger partial charge is 0.256 e. The van der Waals surface area contributed by atoms with Crippen LogP contribution in [0.1, 0.15) is 29.3 Å². The Balaban J connectivity index is 1.71. The molecule has 0 spiro atoms. The average molecular weight is 400 g/mol. The molecule has 0 aliphatic carbocycles. The Morgan fingerprint density at radius 2 is 1.93 bits per heavy atom. The van der Waals surface area contributed by atoms with Crippen molar-refractivity contribution in [2.24, 2.45) is 11.1 Å². The zero-order chi connectivity index (χ0) is 21.0. The summed E-state index contributed by atoms with van der Waals surface area (Å²) in [4.78, 5) is 16.8. The molecule has 1 fully saturated rings. The van der Waals surface area contributed by atoms with E-state index in [1.165, 1.54) is 18.2 Å². The Hall–Kier alpha value is -2.44. The number of carbonyl (C=O) groups is 1. The highest BCUT2D eigenvalue weighted by Gasteiger charge is 2.34. The van der Waals surface area contributed by atoms with Crippen molar-refractivity contribution in [3.8, 4) is 11.5 Å². The molecule has 2 aromatic carbocycles. The lowest BCUT2D eigenvalue weighted by molar-refractivity contribution is 0.0725. The predicted octanol–water partition coefficient (Wildman–Crippen LogP) is 3.53. The summed E-state index contributed by atoms with van der Waals surface area (Å²) in [6, 6.07) is 11.9. The van der Waals surface area contributed by atoms with Crippen LogP contribution >= 0.6 is 0 Å². The van der Waals surface area contributed by atoms with Crippen molar-refractivity contribution in [1.29, 1.82) is 0 Å². The topological polar surface area (TPSA) is 58.8 Å². The molecule has 0 aromatic heterocycles. The van der Waals surface area contributed by atoms with E-state index >= 15 is 0 Å². The van der Waals surface area contributed by atoms with Gasteiger partial charge in [0, 0.05) is 20.1 Å². The van der Waals surface area contributed by atoms with Gasteiger partial charge in [0.2, 0.25) is 0 Å². The molecule has 0 radical (unpaired) electrons. The minimum Gasteiger partial charge on any atom is -0.457 e. The normalized spacial score (nSPS) is 19.3. The van der Waals surface area contributed by atoms with E-state index in [-0.39, 0.29) is 16.9 Å². The first-order valence-corrected chi connectivity index (χ1v) is 10.00. The maximum atomic E-state index is 14.4. The molecule has 29 heavy (non-hydrogen) atoms. The second-order valence-electron chi connectivity index (χ2n) is 8.39. The van der Waals surface area contributed by atoms with Crippen molar-refractivity contribution in [2.45, 2.75) is 19.8 Å². The third kappa shape index (κ3) is 5.34. The molecule has 6 heteroatoms. The largest absolute Gasteiger partial charge is 0.457 e.